The summed E-state index contributed by atoms with van der Waals surface area (Å²) < 4.78 is 5.41. The Balaban J connectivity index is 0.00000180. The Morgan fingerprint density at radius 3 is 2.63 bits per heavy atom. The molecule has 0 heterocycles. The van der Waals surface area contributed by atoms with Crippen molar-refractivity contribution in [1.82, 2.24) is 0 Å². The number of fused-ring (bicyclic) bond motifs is 1. The lowest BCUT2D eigenvalue weighted by atomic mass is 9.95. The Morgan fingerprint density at radius 2 is 1.95 bits per heavy atom. The van der Waals surface area contributed by atoms with E-state index in [9.17, 15) is 0 Å². The molecule has 0 aliphatic heterocycles. The van der Waals surface area contributed by atoms with Crippen molar-refractivity contribution in [2.24, 2.45) is 5.73 Å². The summed E-state index contributed by atoms with van der Waals surface area (Å²) in [6.07, 6.45) is 1.45. The summed E-state index contributed by atoms with van der Waals surface area (Å²) >= 11 is 0. The Bertz CT molecular complexity index is 531. The van der Waals surface area contributed by atoms with Gasteiger partial charge in [0, 0.05) is 18.2 Å². The minimum Gasteiger partial charge on any atom is -0.496 e. The molecule has 0 spiro atoms. The van der Waals surface area contributed by atoms with Crippen LogP contribution in [-0.2, 0) is 0 Å². The van der Waals surface area contributed by atoms with Gasteiger partial charge in [-0.15, -0.1) is 12.4 Å². The summed E-state index contributed by atoms with van der Waals surface area (Å²) in [6, 6.07) is 12.0. The molecule has 0 saturated heterocycles. The maximum Gasteiger partial charge on any atom is 0.124 e. The highest BCUT2D eigenvalue weighted by Gasteiger charge is 2.15. The molecule has 0 bridgehead atoms. The molecule has 0 saturated carbocycles. The molecule has 0 fully saturated rings. The molecule has 0 aliphatic carbocycles. The molecular weight excluding hydrogens is 262 g/mol. The van der Waals surface area contributed by atoms with E-state index in [4.69, 9.17) is 15.6 Å². The van der Waals surface area contributed by atoms with Crippen LogP contribution in [0.4, 0.5) is 0 Å². The van der Waals surface area contributed by atoms with Crippen molar-refractivity contribution in [2.75, 3.05) is 13.7 Å². The van der Waals surface area contributed by atoms with E-state index in [0.717, 1.165) is 28.5 Å². The topological polar surface area (TPSA) is 55.5 Å². The molecule has 2 aromatic carbocycles. The largest absolute Gasteiger partial charge is 0.496 e. The van der Waals surface area contributed by atoms with Crippen LogP contribution in [-0.4, -0.2) is 18.8 Å². The summed E-state index contributed by atoms with van der Waals surface area (Å²) in [5.41, 5.74) is 7.26. The standard InChI is InChI=1S/C15H19NO2.ClH/c1-18-14-9-8-11-5-2-3-6-12(11)15(14)13(16)7-4-10-17;/h2-3,5-6,8-9,13,17H,4,7,10,16H2,1H3;1H/t13-;/m1./s1. The van der Waals surface area contributed by atoms with Crippen LogP contribution in [0, 0.1) is 0 Å². The average molecular weight is 282 g/mol. The highest BCUT2D eigenvalue weighted by molar-refractivity contribution is 5.88. The van der Waals surface area contributed by atoms with Crippen LogP contribution in [0.2, 0.25) is 0 Å². The van der Waals surface area contributed by atoms with Crippen LogP contribution in [0.15, 0.2) is 36.4 Å². The lowest BCUT2D eigenvalue weighted by Gasteiger charge is -2.18. The lowest BCUT2D eigenvalue weighted by molar-refractivity contribution is 0.279. The van der Waals surface area contributed by atoms with Gasteiger partial charge >= 0.3 is 0 Å². The minimum atomic E-state index is -0.113. The van der Waals surface area contributed by atoms with Gasteiger partial charge in [0.05, 0.1) is 7.11 Å². The van der Waals surface area contributed by atoms with Crippen molar-refractivity contribution < 1.29 is 9.84 Å². The minimum absolute atomic E-state index is 0. The molecule has 0 radical (unpaired) electrons. The fraction of sp³-hybridized carbons (Fsp3) is 0.333. The number of ether oxygens (including phenoxy) is 1. The van der Waals surface area contributed by atoms with E-state index in [1.807, 2.05) is 24.3 Å². The fourth-order valence-corrected chi connectivity index (χ4v) is 2.29. The Kier molecular flexibility index (Phi) is 6.09. The van der Waals surface area contributed by atoms with Crippen molar-refractivity contribution in [2.45, 2.75) is 18.9 Å². The van der Waals surface area contributed by atoms with Gasteiger partial charge in [0.1, 0.15) is 5.75 Å². The van der Waals surface area contributed by atoms with Gasteiger partial charge in [-0.2, -0.15) is 0 Å². The van der Waals surface area contributed by atoms with Gasteiger partial charge < -0.3 is 15.6 Å². The third-order valence-corrected chi connectivity index (χ3v) is 3.19. The first kappa shape index (κ1) is 15.8. The first-order chi connectivity index (χ1) is 8.77. The van der Waals surface area contributed by atoms with Gasteiger partial charge in [0.2, 0.25) is 0 Å². The van der Waals surface area contributed by atoms with Crippen molar-refractivity contribution in [3.8, 4) is 5.75 Å². The summed E-state index contributed by atoms with van der Waals surface area (Å²) in [6.45, 7) is 0.167. The molecular formula is C15H20ClNO2. The zero-order chi connectivity index (χ0) is 13.0. The van der Waals surface area contributed by atoms with E-state index >= 15 is 0 Å². The Morgan fingerprint density at radius 1 is 1.21 bits per heavy atom. The van der Waals surface area contributed by atoms with Gasteiger partial charge in [0.15, 0.2) is 0 Å². The van der Waals surface area contributed by atoms with Crippen molar-refractivity contribution in [3.05, 3.63) is 42.0 Å². The number of halogens is 1. The van der Waals surface area contributed by atoms with Crippen molar-refractivity contribution >= 4 is 23.2 Å². The lowest BCUT2D eigenvalue weighted by Crippen LogP contribution is -2.12. The second kappa shape index (κ2) is 7.34. The van der Waals surface area contributed by atoms with Crippen molar-refractivity contribution in [1.29, 1.82) is 0 Å². The van der Waals surface area contributed by atoms with E-state index < -0.39 is 0 Å². The molecule has 3 N–H and O–H groups in total. The number of methoxy groups -OCH3 is 1. The third-order valence-electron chi connectivity index (χ3n) is 3.19. The first-order valence-electron chi connectivity index (χ1n) is 6.20. The van der Waals surface area contributed by atoms with Gasteiger partial charge in [-0.3, -0.25) is 0 Å². The molecule has 19 heavy (non-hydrogen) atoms. The molecule has 104 valence electrons. The summed E-state index contributed by atoms with van der Waals surface area (Å²) in [7, 11) is 1.66. The van der Waals surface area contributed by atoms with E-state index in [0.29, 0.717) is 6.42 Å². The number of nitrogens with two attached hydrogens (primary N) is 1. The molecule has 1 atom stereocenters. The fourth-order valence-electron chi connectivity index (χ4n) is 2.29. The van der Waals surface area contributed by atoms with E-state index in [1.165, 1.54) is 0 Å². The molecule has 2 aromatic rings. The first-order valence-corrected chi connectivity index (χ1v) is 6.20. The maximum atomic E-state index is 8.92. The second-order valence-electron chi connectivity index (χ2n) is 4.37. The molecule has 0 unspecified atom stereocenters. The Labute approximate surface area is 119 Å². The summed E-state index contributed by atoms with van der Waals surface area (Å²) in [5.74, 6) is 0.819. The van der Waals surface area contributed by atoms with Crippen LogP contribution in [0.1, 0.15) is 24.4 Å². The van der Waals surface area contributed by atoms with Crippen LogP contribution in [0.5, 0.6) is 5.75 Å². The quantitative estimate of drug-likeness (QED) is 0.886. The molecule has 0 amide bonds. The van der Waals surface area contributed by atoms with Gasteiger partial charge in [-0.25, -0.2) is 0 Å². The smallest absolute Gasteiger partial charge is 0.124 e. The van der Waals surface area contributed by atoms with Gasteiger partial charge in [-0.1, -0.05) is 30.3 Å². The van der Waals surface area contributed by atoms with Crippen LogP contribution >= 0.6 is 12.4 Å². The monoisotopic (exact) mass is 281 g/mol. The molecule has 2 rings (SSSR count). The van der Waals surface area contributed by atoms with Crippen molar-refractivity contribution in [3.63, 3.8) is 0 Å². The number of hydrogen-bond donors (Lipinski definition) is 2. The number of hydrogen-bond acceptors (Lipinski definition) is 3. The maximum absolute atomic E-state index is 8.92. The predicted octanol–water partition coefficient (Wildman–Crippen LogP) is 3.04. The number of rotatable bonds is 5. The zero-order valence-electron chi connectivity index (χ0n) is 11.0. The SMILES string of the molecule is COc1ccc2ccccc2c1[C@H](N)CCCO.Cl. The predicted molar refractivity (Wildman–Crippen MR) is 81.0 cm³/mol. The highest BCUT2D eigenvalue weighted by Crippen LogP contribution is 2.33. The van der Waals surface area contributed by atoms with Gasteiger partial charge in [-0.05, 0) is 29.7 Å². The normalized spacial score (nSPS) is 11.9. The van der Waals surface area contributed by atoms with Gasteiger partial charge in [0.25, 0.3) is 0 Å². The average Bonchev–Trinajstić information content (AvgIpc) is 2.43. The van der Waals surface area contributed by atoms with Crippen LogP contribution in [0.3, 0.4) is 0 Å². The molecule has 3 nitrogen and oxygen atoms in total. The number of aliphatic hydroxyl groups excluding tert-OH is 1. The Hall–Kier alpha value is -1.29. The molecule has 0 aliphatic rings. The van der Waals surface area contributed by atoms with E-state index in [-0.39, 0.29) is 25.1 Å². The number of aliphatic hydroxyl groups is 1. The van der Waals surface area contributed by atoms with E-state index in [1.54, 1.807) is 7.11 Å². The van der Waals surface area contributed by atoms with Crippen LogP contribution in [0.25, 0.3) is 10.8 Å². The molecule has 0 aromatic heterocycles. The van der Waals surface area contributed by atoms with E-state index in [2.05, 4.69) is 12.1 Å². The second-order valence-corrected chi connectivity index (χ2v) is 4.37. The van der Waals surface area contributed by atoms with Crippen LogP contribution < -0.4 is 10.5 Å². The summed E-state index contributed by atoms with van der Waals surface area (Å²) in [4.78, 5) is 0. The summed E-state index contributed by atoms with van der Waals surface area (Å²) in [5, 5.41) is 11.2. The number of benzene rings is 2. The molecule has 4 heteroatoms. The highest BCUT2D eigenvalue weighted by atomic mass is 35.5. The third kappa shape index (κ3) is 3.38. The zero-order valence-corrected chi connectivity index (χ0v) is 11.8.